The molecule has 0 aliphatic rings. The van der Waals surface area contributed by atoms with Gasteiger partial charge in [0, 0.05) is 21.5 Å². The lowest BCUT2D eigenvalue weighted by Crippen LogP contribution is -2.18. The molecule has 7 aromatic rings. The van der Waals surface area contributed by atoms with Crippen LogP contribution in [0.2, 0.25) is 0 Å². The molecule has 0 radical (unpaired) electrons. The molecular weight excluding hydrogens is 578 g/mol. The van der Waals surface area contributed by atoms with E-state index in [1.54, 1.807) is 65.2 Å². The first kappa shape index (κ1) is 27.1. The van der Waals surface area contributed by atoms with Crippen LogP contribution in [-0.4, -0.2) is 9.13 Å². The summed E-state index contributed by atoms with van der Waals surface area (Å²) in [4.78, 5) is 0. The third kappa shape index (κ3) is 3.85. The maximum atomic E-state index is 14.6. The number of halogens is 6. The lowest BCUT2D eigenvalue weighted by Gasteiger charge is -2.21. The van der Waals surface area contributed by atoms with Gasteiger partial charge in [0.2, 0.25) is 0 Å². The summed E-state index contributed by atoms with van der Waals surface area (Å²) in [7, 11) is 0. The maximum Gasteiger partial charge on any atom is 0.418 e. The van der Waals surface area contributed by atoms with Crippen molar-refractivity contribution in [2.24, 2.45) is 0 Å². The Kier molecular flexibility index (Phi) is 5.78. The molecular formula is C34H16F6N4. The van der Waals surface area contributed by atoms with Crippen LogP contribution in [0.25, 0.3) is 55.0 Å². The molecule has 0 fully saturated rings. The average molecular weight is 595 g/mol. The molecule has 7 rings (SSSR count). The van der Waals surface area contributed by atoms with Crippen LogP contribution in [0.1, 0.15) is 22.3 Å². The van der Waals surface area contributed by atoms with Gasteiger partial charge in [0.05, 0.1) is 61.8 Å². The van der Waals surface area contributed by atoms with E-state index in [9.17, 15) is 36.9 Å². The highest BCUT2D eigenvalue weighted by atomic mass is 19.4. The van der Waals surface area contributed by atoms with Crippen molar-refractivity contribution in [3.8, 4) is 23.5 Å². The largest absolute Gasteiger partial charge is 0.418 e. The number of hydrogen-bond acceptors (Lipinski definition) is 2. The SMILES string of the molecule is N#Cc1ccc(-n2c3ccccc3c3ccc4c5ccccc5n(-c5c(C(F)(F)F)cccc5C(F)(F)F)c4c32)c(C#N)c1. The zero-order chi connectivity index (χ0) is 31.0. The molecule has 0 amide bonds. The molecule has 0 unspecified atom stereocenters. The molecule has 5 aromatic carbocycles. The predicted octanol–water partition coefficient (Wildman–Crippen LogP) is 9.66. The van der Waals surface area contributed by atoms with Gasteiger partial charge in [-0.3, -0.25) is 0 Å². The molecule has 0 bridgehead atoms. The topological polar surface area (TPSA) is 57.4 Å². The molecule has 0 saturated carbocycles. The van der Waals surface area contributed by atoms with Gasteiger partial charge < -0.3 is 9.13 Å². The van der Waals surface area contributed by atoms with E-state index >= 15 is 0 Å². The molecule has 0 aliphatic carbocycles. The van der Waals surface area contributed by atoms with E-state index in [2.05, 4.69) is 6.07 Å². The van der Waals surface area contributed by atoms with Gasteiger partial charge in [0.15, 0.2) is 0 Å². The van der Waals surface area contributed by atoms with E-state index in [0.29, 0.717) is 50.4 Å². The van der Waals surface area contributed by atoms with Crippen molar-refractivity contribution >= 4 is 43.6 Å². The average Bonchev–Trinajstić information content (AvgIpc) is 3.52. The minimum absolute atomic E-state index is 0.107. The Hall–Kier alpha value is -5.74. The number of para-hydroxylation sites is 3. The fourth-order valence-corrected chi connectivity index (χ4v) is 6.12. The van der Waals surface area contributed by atoms with Gasteiger partial charge in [-0.25, -0.2) is 0 Å². The second kappa shape index (κ2) is 9.38. The molecule has 4 nitrogen and oxygen atoms in total. The van der Waals surface area contributed by atoms with Crippen molar-refractivity contribution in [2.45, 2.75) is 12.4 Å². The van der Waals surface area contributed by atoms with Gasteiger partial charge in [-0.1, -0.05) is 54.6 Å². The summed E-state index contributed by atoms with van der Waals surface area (Å²) in [6.45, 7) is 0. The highest BCUT2D eigenvalue weighted by Crippen LogP contribution is 2.47. The molecule has 10 heteroatoms. The molecule has 214 valence electrons. The van der Waals surface area contributed by atoms with E-state index in [-0.39, 0.29) is 22.2 Å². The monoisotopic (exact) mass is 594 g/mol. The van der Waals surface area contributed by atoms with Crippen molar-refractivity contribution < 1.29 is 26.3 Å². The number of nitriles is 2. The molecule has 2 aromatic heterocycles. The quantitative estimate of drug-likeness (QED) is 0.187. The lowest BCUT2D eigenvalue weighted by molar-refractivity contribution is -0.142. The Labute approximate surface area is 244 Å². The summed E-state index contributed by atoms with van der Waals surface area (Å²) in [5.41, 5.74) is -2.12. The summed E-state index contributed by atoms with van der Waals surface area (Å²) >= 11 is 0. The maximum absolute atomic E-state index is 14.6. The number of hydrogen-bond donors (Lipinski definition) is 0. The van der Waals surface area contributed by atoms with Crippen LogP contribution in [0.4, 0.5) is 26.3 Å². The second-order valence-corrected chi connectivity index (χ2v) is 10.2. The van der Waals surface area contributed by atoms with Gasteiger partial charge in [0.1, 0.15) is 6.07 Å². The molecule has 0 N–H and O–H groups in total. The van der Waals surface area contributed by atoms with Crippen LogP contribution in [0.3, 0.4) is 0 Å². The summed E-state index contributed by atoms with van der Waals surface area (Å²) < 4.78 is 90.1. The van der Waals surface area contributed by atoms with Crippen LogP contribution < -0.4 is 0 Å². The highest BCUT2D eigenvalue weighted by Gasteiger charge is 2.42. The number of aromatic nitrogens is 2. The van der Waals surface area contributed by atoms with E-state index < -0.39 is 29.2 Å². The third-order valence-electron chi connectivity index (χ3n) is 7.83. The van der Waals surface area contributed by atoms with E-state index in [1.165, 1.54) is 18.2 Å². The third-order valence-corrected chi connectivity index (χ3v) is 7.83. The van der Waals surface area contributed by atoms with Crippen molar-refractivity contribution in [3.05, 3.63) is 119 Å². The Bertz CT molecular complexity index is 2360. The molecule has 44 heavy (non-hydrogen) atoms. The summed E-state index contributed by atoms with van der Waals surface area (Å²) in [6.07, 6.45) is -10.2. The van der Waals surface area contributed by atoms with Crippen molar-refractivity contribution in [1.82, 2.24) is 9.13 Å². The van der Waals surface area contributed by atoms with Gasteiger partial charge in [-0.05, 0) is 42.5 Å². The fraction of sp³-hybridized carbons (Fsp3) is 0.0588. The van der Waals surface area contributed by atoms with E-state index in [1.807, 2.05) is 6.07 Å². The summed E-state index contributed by atoms with van der Waals surface area (Å²) in [5.74, 6) is 0. The fourth-order valence-electron chi connectivity index (χ4n) is 6.12. The van der Waals surface area contributed by atoms with Gasteiger partial charge >= 0.3 is 12.4 Å². The zero-order valence-electron chi connectivity index (χ0n) is 22.3. The van der Waals surface area contributed by atoms with Crippen LogP contribution in [-0.2, 0) is 12.4 Å². The predicted molar refractivity (Wildman–Crippen MR) is 155 cm³/mol. The highest BCUT2D eigenvalue weighted by molar-refractivity contribution is 6.24. The van der Waals surface area contributed by atoms with Crippen LogP contribution >= 0.6 is 0 Å². The van der Waals surface area contributed by atoms with Crippen LogP contribution in [0.15, 0.2) is 97.1 Å². The minimum atomic E-state index is -5.12. The molecule has 0 aliphatic heterocycles. The van der Waals surface area contributed by atoms with Crippen molar-refractivity contribution in [1.29, 1.82) is 10.5 Å². The Balaban J connectivity index is 1.80. The Morgan fingerprint density at radius 3 is 1.57 bits per heavy atom. The van der Waals surface area contributed by atoms with E-state index in [4.69, 9.17) is 0 Å². The first-order valence-corrected chi connectivity index (χ1v) is 13.2. The number of nitrogens with zero attached hydrogens (tertiary/aromatic N) is 4. The van der Waals surface area contributed by atoms with Crippen LogP contribution in [0, 0.1) is 22.7 Å². The first-order chi connectivity index (χ1) is 21.0. The number of benzene rings is 5. The van der Waals surface area contributed by atoms with Gasteiger partial charge in [-0.2, -0.15) is 36.9 Å². The lowest BCUT2D eigenvalue weighted by atomic mass is 10.0. The van der Waals surface area contributed by atoms with E-state index in [0.717, 1.165) is 10.6 Å². The Morgan fingerprint density at radius 2 is 1.05 bits per heavy atom. The zero-order valence-corrected chi connectivity index (χ0v) is 22.3. The summed E-state index contributed by atoms with van der Waals surface area (Å²) in [6, 6.07) is 27.5. The smallest absolute Gasteiger partial charge is 0.306 e. The first-order valence-electron chi connectivity index (χ1n) is 13.2. The van der Waals surface area contributed by atoms with Crippen LogP contribution in [0.5, 0.6) is 0 Å². The minimum Gasteiger partial charge on any atom is -0.306 e. The number of alkyl halides is 6. The molecule has 0 atom stereocenters. The Morgan fingerprint density at radius 1 is 0.523 bits per heavy atom. The van der Waals surface area contributed by atoms with Crippen molar-refractivity contribution in [2.75, 3.05) is 0 Å². The molecule has 0 saturated heterocycles. The van der Waals surface area contributed by atoms with Crippen molar-refractivity contribution in [3.63, 3.8) is 0 Å². The second-order valence-electron chi connectivity index (χ2n) is 10.2. The molecule has 2 heterocycles. The summed E-state index contributed by atoms with van der Waals surface area (Å²) in [5, 5.41) is 21.6. The number of fused-ring (bicyclic) bond motifs is 7. The number of rotatable bonds is 2. The normalized spacial score (nSPS) is 12.3. The standard InChI is InChI=1S/C34H16F6N4/c35-33(36,37)25-8-5-9-26(34(38,39)40)32(25)44-29-11-4-2-7-22(29)24-14-13-23-21-6-1-3-10-28(21)43(30(23)31(24)44)27-15-12-19(17-41)16-20(27)18-42/h1-16H. The van der Waals surface area contributed by atoms with Gasteiger partial charge in [-0.15, -0.1) is 0 Å². The molecule has 0 spiro atoms. The van der Waals surface area contributed by atoms with Gasteiger partial charge in [0.25, 0.3) is 0 Å².